The van der Waals surface area contributed by atoms with Crippen LogP contribution in [0.5, 0.6) is 0 Å². The fourth-order valence-electron chi connectivity index (χ4n) is 3.38. The number of halogens is 3. The van der Waals surface area contributed by atoms with Crippen LogP contribution in [0.2, 0.25) is 0 Å². The van der Waals surface area contributed by atoms with E-state index >= 15 is 0 Å². The number of hydrogen-bond donors (Lipinski definition) is 2. The maximum absolute atomic E-state index is 12.8. The number of benzene rings is 2. The molecule has 3 N–H and O–H groups in total. The Balaban J connectivity index is 1.53. The second-order valence-corrected chi connectivity index (χ2v) is 7.25. The Morgan fingerprint density at radius 2 is 1.70 bits per heavy atom. The summed E-state index contributed by atoms with van der Waals surface area (Å²) >= 11 is 0. The second kappa shape index (κ2) is 6.72. The van der Waals surface area contributed by atoms with Crippen molar-refractivity contribution >= 4 is 28.4 Å². The average Bonchev–Trinajstić information content (AvgIpc) is 3.47. The van der Waals surface area contributed by atoms with Gasteiger partial charge in [0.05, 0.1) is 16.6 Å². The molecule has 2 aromatic carbocycles. The summed E-state index contributed by atoms with van der Waals surface area (Å²) in [6.45, 7) is 0. The number of nitrogens with one attached hydrogen (secondary N) is 1. The Hall–Kier alpha value is -3.62. The van der Waals surface area contributed by atoms with Crippen molar-refractivity contribution in [3.8, 4) is 5.95 Å². The zero-order valence-electron chi connectivity index (χ0n) is 15.7. The lowest BCUT2D eigenvalue weighted by molar-refractivity contribution is -0.137. The van der Waals surface area contributed by atoms with Crippen molar-refractivity contribution in [2.75, 3.05) is 11.1 Å². The van der Waals surface area contributed by atoms with Crippen molar-refractivity contribution in [2.24, 2.45) is 0 Å². The van der Waals surface area contributed by atoms with Crippen molar-refractivity contribution in [1.82, 2.24) is 19.5 Å². The van der Waals surface area contributed by atoms with Crippen LogP contribution in [0, 0.1) is 0 Å². The average molecular weight is 410 g/mol. The van der Waals surface area contributed by atoms with Crippen molar-refractivity contribution in [3.63, 3.8) is 0 Å². The summed E-state index contributed by atoms with van der Waals surface area (Å²) in [6.07, 6.45) is -2.27. The lowest BCUT2D eigenvalue weighted by Crippen LogP contribution is -2.09. The van der Waals surface area contributed by atoms with E-state index in [1.165, 1.54) is 18.2 Å². The van der Waals surface area contributed by atoms with Crippen LogP contribution in [0.1, 0.15) is 30.1 Å². The van der Waals surface area contributed by atoms with Gasteiger partial charge in [-0.05, 0) is 49.2 Å². The van der Waals surface area contributed by atoms with E-state index in [1.807, 2.05) is 28.8 Å². The van der Waals surface area contributed by atoms with Gasteiger partial charge in [0.1, 0.15) is 17.5 Å². The molecule has 5 rings (SSSR count). The summed E-state index contributed by atoms with van der Waals surface area (Å²) in [5.74, 6) is 2.25. The molecule has 6 nitrogen and oxygen atoms in total. The third-order valence-corrected chi connectivity index (χ3v) is 4.95. The highest BCUT2D eigenvalue weighted by atomic mass is 19.4. The highest BCUT2D eigenvalue weighted by Gasteiger charge is 2.31. The van der Waals surface area contributed by atoms with E-state index in [4.69, 9.17) is 10.7 Å². The first-order valence-electron chi connectivity index (χ1n) is 9.45. The van der Waals surface area contributed by atoms with Crippen molar-refractivity contribution in [2.45, 2.75) is 24.9 Å². The maximum atomic E-state index is 12.8. The molecule has 2 aromatic heterocycles. The van der Waals surface area contributed by atoms with Gasteiger partial charge >= 0.3 is 6.18 Å². The molecule has 0 bridgehead atoms. The van der Waals surface area contributed by atoms with Crippen LogP contribution in [-0.4, -0.2) is 19.5 Å². The number of aromatic nitrogens is 4. The predicted octanol–water partition coefficient (Wildman–Crippen LogP) is 5.04. The van der Waals surface area contributed by atoms with Gasteiger partial charge in [-0.2, -0.15) is 23.1 Å². The zero-order chi connectivity index (χ0) is 20.9. The number of anilines is 3. The summed E-state index contributed by atoms with van der Waals surface area (Å²) in [7, 11) is 0. The molecule has 1 saturated carbocycles. The SMILES string of the molecule is Nc1cc(Nc2ccc(C(F)(F)F)cc2)nc(-n2c(C3CC3)nc3ccccc32)n1. The van der Waals surface area contributed by atoms with Gasteiger partial charge in [-0.3, -0.25) is 4.57 Å². The standard InChI is InChI=1S/C21H17F3N6/c22-21(23,24)13-7-9-14(10-8-13)26-18-11-17(25)28-20(29-18)30-16-4-2-1-3-15(16)27-19(30)12-5-6-12/h1-4,7-12H,5-6H2,(H3,25,26,28,29). The molecule has 1 aliphatic carbocycles. The Bertz CT molecular complexity index is 1230. The van der Waals surface area contributed by atoms with Crippen LogP contribution in [0.25, 0.3) is 17.0 Å². The van der Waals surface area contributed by atoms with Gasteiger partial charge in [0.2, 0.25) is 5.95 Å². The largest absolute Gasteiger partial charge is 0.416 e. The number of fused-ring (bicyclic) bond motifs is 1. The molecule has 0 radical (unpaired) electrons. The summed E-state index contributed by atoms with van der Waals surface area (Å²) in [6, 6.07) is 14.0. The van der Waals surface area contributed by atoms with Crippen molar-refractivity contribution < 1.29 is 13.2 Å². The third kappa shape index (κ3) is 3.42. The van der Waals surface area contributed by atoms with Crippen LogP contribution in [-0.2, 0) is 6.18 Å². The maximum Gasteiger partial charge on any atom is 0.416 e. The molecule has 0 saturated heterocycles. The van der Waals surface area contributed by atoms with Gasteiger partial charge in [0, 0.05) is 17.7 Å². The number of hydrogen-bond acceptors (Lipinski definition) is 5. The minimum absolute atomic E-state index is 0.244. The molecule has 0 unspecified atom stereocenters. The highest BCUT2D eigenvalue weighted by molar-refractivity contribution is 5.78. The van der Waals surface area contributed by atoms with E-state index in [0.717, 1.165) is 41.8 Å². The number of nitrogens with two attached hydrogens (primary N) is 1. The minimum atomic E-state index is -4.38. The highest BCUT2D eigenvalue weighted by Crippen LogP contribution is 2.41. The Labute approximate surface area is 169 Å². The van der Waals surface area contributed by atoms with E-state index in [9.17, 15) is 13.2 Å². The van der Waals surface area contributed by atoms with Crippen molar-refractivity contribution in [1.29, 1.82) is 0 Å². The number of nitrogens with zero attached hydrogens (tertiary/aromatic N) is 4. The molecule has 9 heteroatoms. The summed E-state index contributed by atoms with van der Waals surface area (Å²) in [5.41, 5.74) is 7.49. The van der Waals surface area contributed by atoms with Crippen LogP contribution in [0.4, 0.5) is 30.5 Å². The monoisotopic (exact) mass is 410 g/mol. The summed E-state index contributed by atoms with van der Waals surface area (Å²) < 4.78 is 40.2. The van der Waals surface area contributed by atoms with E-state index in [0.29, 0.717) is 23.4 Å². The van der Waals surface area contributed by atoms with Crippen LogP contribution in [0.3, 0.4) is 0 Å². The zero-order valence-corrected chi connectivity index (χ0v) is 15.7. The first-order chi connectivity index (χ1) is 14.4. The molecule has 4 aromatic rings. The molecule has 30 heavy (non-hydrogen) atoms. The van der Waals surface area contributed by atoms with Gasteiger partial charge in [0.25, 0.3) is 0 Å². The van der Waals surface area contributed by atoms with E-state index in [1.54, 1.807) is 0 Å². The van der Waals surface area contributed by atoms with E-state index < -0.39 is 11.7 Å². The van der Waals surface area contributed by atoms with Crippen LogP contribution < -0.4 is 11.1 Å². The number of nitrogen functional groups attached to an aromatic ring is 1. The molecule has 1 aliphatic rings. The van der Waals surface area contributed by atoms with E-state index in [-0.39, 0.29) is 5.82 Å². The molecule has 0 aliphatic heterocycles. The number of para-hydroxylation sites is 2. The molecule has 152 valence electrons. The second-order valence-electron chi connectivity index (χ2n) is 7.25. The molecule has 2 heterocycles. The Morgan fingerprint density at radius 1 is 0.967 bits per heavy atom. The lowest BCUT2D eigenvalue weighted by Gasteiger charge is -2.12. The van der Waals surface area contributed by atoms with Gasteiger partial charge in [-0.25, -0.2) is 4.98 Å². The molecule has 1 fully saturated rings. The molecule has 0 amide bonds. The van der Waals surface area contributed by atoms with Crippen LogP contribution >= 0.6 is 0 Å². The van der Waals surface area contributed by atoms with Gasteiger partial charge < -0.3 is 11.1 Å². The number of alkyl halides is 3. The predicted molar refractivity (Wildman–Crippen MR) is 108 cm³/mol. The fourth-order valence-corrected chi connectivity index (χ4v) is 3.38. The molecular weight excluding hydrogens is 393 g/mol. The Kier molecular flexibility index (Phi) is 4.12. The fraction of sp³-hybridized carbons (Fsp3) is 0.190. The molecule has 0 atom stereocenters. The van der Waals surface area contributed by atoms with Gasteiger partial charge in [-0.1, -0.05) is 12.1 Å². The smallest absolute Gasteiger partial charge is 0.383 e. The van der Waals surface area contributed by atoms with Crippen molar-refractivity contribution in [3.05, 3.63) is 66.0 Å². The van der Waals surface area contributed by atoms with E-state index in [2.05, 4.69) is 15.3 Å². The number of rotatable bonds is 4. The van der Waals surface area contributed by atoms with Gasteiger partial charge in [-0.15, -0.1) is 0 Å². The van der Waals surface area contributed by atoms with Crippen LogP contribution in [0.15, 0.2) is 54.6 Å². The molecule has 0 spiro atoms. The Morgan fingerprint density at radius 3 is 2.40 bits per heavy atom. The normalized spacial score (nSPS) is 14.2. The van der Waals surface area contributed by atoms with Gasteiger partial charge in [0.15, 0.2) is 0 Å². The quantitative estimate of drug-likeness (QED) is 0.493. The lowest BCUT2D eigenvalue weighted by atomic mass is 10.2. The molecular formula is C21H17F3N6. The first-order valence-corrected chi connectivity index (χ1v) is 9.45. The summed E-state index contributed by atoms with van der Waals surface area (Å²) in [5, 5.41) is 3.01. The summed E-state index contributed by atoms with van der Waals surface area (Å²) in [4.78, 5) is 13.7. The number of imidazole rings is 1. The third-order valence-electron chi connectivity index (χ3n) is 4.95. The minimum Gasteiger partial charge on any atom is -0.383 e. The topological polar surface area (TPSA) is 81.6 Å². The first kappa shape index (κ1) is 18.4.